The highest BCUT2D eigenvalue weighted by Gasteiger charge is 2.11. The largest absolute Gasteiger partial charge is 0.353 e. The predicted molar refractivity (Wildman–Crippen MR) is 86.6 cm³/mol. The van der Waals surface area contributed by atoms with Crippen molar-refractivity contribution in [2.24, 2.45) is 0 Å². The summed E-state index contributed by atoms with van der Waals surface area (Å²) in [5, 5.41) is 1.06. The van der Waals surface area contributed by atoms with E-state index in [1.807, 2.05) is 30.3 Å². The molecule has 2 N–H and O–H groups in total. The number of hydrogen-bond donors (Lipinski definition) is 2. The Hall–Kier alpha value is -2.81. The van der Waals surface area contributed by atoms with Gasteiger partial charge in [0.1, 0.15) is 0 Å². The van der Waals surface area contributed by atoms with Crippen LogP contribution >= 0.6 is 0 Å². The summed E-state index contributed by atoms with van der Waals surface area (Å²) in [6.07, 6.45) is 0. The van der Waals surface area contributed by atoms with Crippen molar-refractivity contribution in [1.29, 1.82) is 0 Å². The number of fused-ring (bicyclic) bond motifs is 3. The lowest BCUT2D eigenvalue weighted by Gasteiger charge is -2.02. The molecule has 2 heterocycles. The second-order valence-electron chi connectivity index (χ2n) is 5.34. The Kier molecular flexibility index (Phi) is 2.48. The molecule has 3 nitrogen and oxygen atoms in total. The van der Waals surface area contributed by atoms with E-state index in [1.54, 1.807) is 6.07 Å². The number of aryl methyl sites for hydroxylation is 1. The maximum Gasteiger partial charge on any atom is 0.249 e. The molecule has 0 saturated carbocycles. The van der Waals surface area contributed by atoms with Crippen LogP contribution < -0.4 is 5.56 Å². The second-order valence-corrected chi connectivity index (χ2v) is 5.34. The third kappa shape index (κ3) is 1.86. The summed E-state index contributed by atoms with van der Waals surface area (Å²) in [5.41, 5.74) is 5.95. The molecule has 0 aliphatic rings. The zero-order valence-electron chi connectivity index (χ0n) is 11.6. The highest BCUT2D eigenvalue weighted by molar-refractivity contribution is 6.09. The zero-order valence-corrected chi connectivity index (χ0v) is 11.6. The van der Waals surface area contributed by atoms with E-state index in [4.69, 9.17) is 0 Å². The van der Waals surface area contributed by atoms with E-state index >= 15 is 0 Å². The lowest BCUT2D eigenvalue weighted by Crippen LogP contribution is -2.04. The molecular formula is C18H14N2O. The lowest BCUT2D eigenvalue weighted by molar-refractivity contribution is 1.31. The minimum absolute atomic E-state index is 0.0799. The molecule has 21 heavy (non-hydrogen) atoms. The van der Waals surface area contributed by atoms with Crippen LogP contribution in [0.25, 0.3) is 33.1 Å². The third-order valence-electron chi connectivity index (χ3n) is 3.83. The molecule has 0 spiro atoms. The topological polar surface area (TPSA) is 48.6 Å². The van der Waals surface area contributed by atoms with Crippen molar-refractivity contribution in [2.45, 2.75) is 6.92 Å². The predicted octanol–water partition coefficient (Wildman–Crippen LogP) is 3.98. The van der Waals surface area contributed by atoms with Gasteiger partial charge in [-0.1, -0.05) is 42.0 Å². The Morgan fingerprint density at radius 1 is 0.857 bits per heavy atom. The van der Waals surface area contributed by atoms with Gasteiger partial charge < -0.3 is 9.97 Å². The van der Waals surface area contributed by atoms with E-state index in [9.17, 15) is 4.79 Å². The molecule has 0 amide bonds. The van der Waals surface area contributed by atoms with E-state index in [1.165, 1.54) is 5.56 Å². The normalized spacial score (nSPS) is 11.3. The standard InChI is InChI=1S/C18H14N2O/c1-11-7-8-15-14(9-11)18-17(19-15)13(10-16(21)20-18)12-5-3-2-4-6-12/h2-10,19H,1H3,(H,20,21). The average molecular weight is 274 g/mol. The maximum atomic E-state index is 12.0. The van der Waals surface area contributed by atoms with E-state index in [2.05, 4.69) is 35.1 Å². The summed E-state index contributed by atoms with van der Waals surface area (Å²) in [5.74, 6) is 0. The third-order valence-corrected chi connectivity index (χ3v) is 3.83. The van der Waals surface area contributed by atoms with Crippen molar-refractivity contribution in [3.8, 4) is 11.1 Å². The van der Waals surface area contributed by atoms with Gasteiger partial charge in [-0.3, -0.25) is 4.79 Å². The Bertz CT molecular complexity index is 1010. The van der Waals surface area contributed by atoms with Gasteiger partial charge in [-0.2, -0.15) is 0 Å². The second kappa shape index (κ2) is 4.35. The van der Waals surface area contributed by atoms with Crippen LogP contribution in [0.15, 0.2) is 59.4 Å². The molecule has 3 heteroatoms. The molecule has 0 aliphatic carbocycles. The quantitative estimate of drug-likeness (QED) is 0.542. The van der Waals surface area contributed by atoms with E-state index in [0.29, 0.717) is 0 Å². The average Bonchev–Trinajstić information content (AvgIpc) is 2.85. The van der Waals surface area contributed by atoms with Gasteiger partial charge in [-0.15, -0.1) is 0 Å². The van der Waals surface area contributed by atoms with E-state index < -0.39 is 0 Å². The van der Waals surface area contributed by atoms with Crippen LogP contribution in [-0.4, -0.2) is 9.97 Å². The summed E-state index contributed by atoms with van der Waals surface area (Å²) in [4.78, 5) is 18.4. The smallest absolute Gasteiger partial charge is 0.249 e. The summed E-state index contributed by atoms with van der Waals surface area (Å²) in [6, 6.07) is 17.8. The molecule has 0 fully saturated rings. The van der Waals surface area contributed by atoms with Gasteiger partial charge in [-0.05, 0) is 24.6 Å². The highest BCUT2D eigenvalue weighted by atomic mass is 16.1. The fourth-order valence-electron chi connectivity index (χ4n) is 2.85. The zero-order chi connectivity index (χ0) is 14.4. The number of hydrogen-bond acceptors (Lipinski definition) is 1. The molecule has 0 bridgehead atoms. The molecule has 4 aromatic rings. The van der Waals surface area contributed by atoms with E-state index in [-0.39, 0.29) is 5.56 Å². The number of nitrogens with one attached hydrogen (secondary N) is 2. The van der Waals surface area contributed by atoms with Gasteiger partial charge in [0.15, 0.2) is 0 Å². The SMILES string of the molecule is Cc1ccc2[nH]c3c(-c4ccccc4)cc(=O)[nH]c3c2c1. The summed E-state index contributed by atoms with van der Waals surface area (Å²) in [7, 11) is 0. The Morgan fingerprint density at radius 3 is 2.48 bits per heavy atom. The van der Waals surface area contributed by atoms with Crippen molar-refractivity contribution in [3.63, 3.8) is 0 Å². The monoisotopic (exact) mass is 274 g/mol. The first-order chi connectivity index (χ1) is 10.2. The van der Waals surface area contributed by atoms with E-state index in [0.717, 1.165) is 33.1 Å². The van der Waals surface area contributed by atoms with Crippen LogP contribution in [0.1, 0.15) is 5.56 Å². The number of benzene rings is 2. The van der Waals surface area contributed by atoms with Gasteiger partial charge in [0.05, 0.1) is 11.0 Å². The van der Waals surface area contributed by atoms with Gasteiger partial charge in [0, 0.05) is 22.5 Å². The molecule has 0 unspecified atom stereocenters. The first-order valence-corrected chi connectivity index (χ1v) is 6.93. The number of aromatic nitrogens is 2. The molecule has 2 aromatic heterocycles. The molecule has 2 aromatic carbocycles. The summed E-state index contributed by atoms with van der Waals surface area (Å²) in [6.45, 7) is 2.05. The maximum absolute atomic E-state index is 12.0. The van der Waals surface area contributed by atoms with Gasteiger partial charge >= 0.3 is 0 Å². The first kappa shape index (κ1) is 12.0. The number of H-pyrrole nitrogens is 2. The fraction of sp³-hybridized carbons (Fsp3) is 0.0556. The van der Waals surface area contributed by atoms with Crippen molar-refractivity contribution in [1.82, 2.24) is 9.97 Å². The number of pyridine rings is 1. The van der Waals surface area contributed by atoms with Gasteiger partial charge in [0.2, 0.25) is 5.56 Å². The van der Waals surface area contributed by atoms with Crippen LogP contribution in [0.4, 0.5) is 0 Å². The van der Waals surface area contributed by atoms with Gasteiger partial charge in [0.25, 0.3) is 0 Å². The molecule has 4 rings (SSSR count). The Morgan fingerprint density at radius 2 is 1.67 bits per heavy atom. The molecule has 0 radical (unpaired) electrons. The number of rotatable bonds is 1. The summed E-state index contributed by atoms with van der Waals surface area (Å²) < 4.78 is 0. The first-order valence-electron chi connectivity index (χ1n) is 6.93. The van der Waals surface area contributed by atoms with Crippen molar-refractivity contribution in [2.75, 3.05) is 0 Å². The highest BCUT2D eigenvalue weighted by Crippen LogP contribution is 2.30. The minimum Gasteiger partial charge on any atom is -0.353 e. The minimum atomic E-state index is -0.0799. The van der Waals surface area contributed by atoms with Crippen LogP contribution in [0.3, 0.4) is 0 Å². The molecule has 0 atom stereocenters. The Balaban J connectivity index is 2.17. The van der Waals surface area contributed by atoms with Crippen molar-refractivity contribution < 1.29 is 0 Å². The van der Waals surface area contributed by atoms with Crippen molar-refractivity contribution in [3.05, 3.63) is 70.5 Å². The molecule has 0 saturated heterocycles. The summed E-state index contributed by atoms with van der Waals surface area (Å²) >= 11 is 0. The van der Waals surface area contributed by atoms with Gasteiger partial charge in [-0.25, -0.2) is 0 Å². The van der Waals surface area contributed by atoms with Crippen molar-refractivity contribution >= 4 is 21.9 Å². The van der Waals surface area contributed by atoms with Crippen LogP contribution in [0.2, 0.25) is 0 Å². The lowest BCUT2D eigenvalue weighted by atomic mass is 10.1. The van der Waals surface area contributed by atoms with Crippen LogP contribution in [-0.2, 0) is 0 Å². The number of aromatic amines is 2. The Labute approximate surface area is 121 Å². The fourth-order valence-corrected chi connectivity index (χ4v) is 2.85. The van der Waals surface area contributed by atoms with Crippen LogP contribution in [0.5, 0.6) is 0 Å². The molecular weight excluding hydrogens is 260 g/mol. The molecule has 0 aliphatic heterocycles. The van der Waals surface area contributed by atoms with Crippen LogP contribution in [0, 0.1) is 6.92 Å². The molecule has 102 valence electrons.